The van der Waals surface area contributed by atoms with Crippen LogP contribution >= 0.6 is 12.4 Å². The van der Waals surface area contributed by atoms with Crippen molar-refractivity contribution in [1.82, 2.24) is 4.90 Å². The van der Waals surface area contributed by atoms with Crippen molar-refractivity contribution in [2.45, 2.75) is 25.3 Å². The number of hydrogen-bond donors (Lipinski definition) is 0. The molecule has 2 heteroatoms. The predicted octanol–water partition coefficient (Wildman–Crippen LogP) is 4.19. The number of hydrogen-bond acceptors (Lipinski definition) is 1. The highest BCUT2D eigenvalue weighted by atomic mass is 35.5. The molecule has 106 valence electrons. The number of benzene rings is 2. The van der Waals surface area contributed by atoms with E-state index in [1.54, 1.807) is 5.56 Å². The van der Waals surface area contributed by atoms with Gasteiger partial charge in [0.2, 0.25) is 0 Å². The van der Waals surface area contributed by atoms with Crippen molar-refractivity contribution < 1.29 is 0 Å². The topological polar surface area (TPSA) is 3.24 Å². The molecule has 0 saturated heterocycles. The minimum absolute atomic E-state index is 0. The summed E-state index contributed by atoms with van der Waals surface area (Å²) < 4.78 is 0. The van der Waals surface area contributed by atoms with Gasteiger partial charge in [0, 0.05) is 6.04 Å². The molecule has 0 bridgehead atoms. The van der Waals surface area contributed by atoms with Gasteiger partial charge in [-0.2, -0.15) is 0 Å². The minimum atomic E-state index is 0. The van der Waals surface area contributed by atoms with Gasteiger partial charge in [0.05, 0.1) is 0 Å². The van der Waals surface area contributed by atoms with Crippen LogP contribution < -0.4 is 0 Å². The maximum absolute atomic E-state index is 2.36. The van der Waals surface area contributed by atoms with E-state index in [1.807, 2.05) is 0 Å². The van der Waals surface area contributed by atoms with Crippen LogP contribution in [0.4, 0.5) is 0 Å². The van der Waals surface area contributed by atoms with Crippen molar-refractivity contribution in [2.75, 3.05) is 14.1 Å². The lowest BCUT2D eigenvalue weighted by Gasteiger charge is -2.31. The number of halogens is 1. The van der Waals surface area contributed by atoms with Gasteiger partial charge in [-0.15, -0.1) is 12.4 Å². The molecule has 1 aliphatic carbocycles. The quantitative estimate of drug-likeness (QED) is 0.800. The van der Waals surface area contributed by atoms with Crippen LogP contribution in [0, 0.1) is 0 Å². The number of nitrogens with zero attached hydrogens (tertiary/aromatic N) is 1. The first-order valence-corrected chi connectivity index (χ1v) is 7.08. The van der Waals surface area contributed by atoms with Crippen LogP contribution in [0.1, 0.15) is 17.5 Å². The molecule has 0 saturated carbocycles. The predicted molar refractivity (Wildman–Crippen MR) is 88.6 cm³/mol. The van der Waals surface area contributed by atoms with E-state index in [9.17, 15) is 0 Å². The third kappa shape index (κ3) is 2.89. The summed E-state index contributed by atoms with van der Waals surface area (Å²) in [7, 11) is 4.38. The minimum Gasteiger partial charge on any atom is -0.306 e. The van der Waals surface area contributed by atoms with Crippen molar-refractivity contribution >= 4 is 12.4 Å². The van der Waals surface area contributed by atoms with Crippen molar-refractivity contribution in [1.29, 1.82) is 0 Å². The smallest absolute Gasteiger partial charge is 0.0133 e. The van der Waals surface area contributed by atoms with Crippen LogP contribution in [0.2, 0.25) is 0 Å². The molecule has 2 aromatic rings. The molecule has 1 atom stereocenters. The lowest BCUT2D eigenvalue weighted by Crippen LogP contribution is -2.33. The Morgan fingerprint density at radius 3 is 2.40 bits per heavy atom. The van der Waals surface area contributed by atoms with Gasteiger partial charge in [-0.3, -0.25) is 0 Å². The molecule has 0 heterocycles. The lowest BCUT2D eigenvalue weighted by atomic mass is 9.83. The van der Waals surface area contributed by atoms with Crippen LogP contribution in [0.3, 0.4) is 0 Å². The molecule has 0 radical (unpaired) electrons. The van der Waals surface area contributed by atoms with Gasteiger partial charge in [0.25, 0.3) is 0 Å². The summed E-state index contributed by atoms with van der Waals surface area (Å²) in [4.78, 5) is 2.36. The maximum Gasteiger partial charge on any atom is 0.0133 e. The van der Waals surface area contributed by atoms with Gasteiger partial charge >= 0.3 is 0 Å². The molecule has 0 spiro atoms. The molecule has 3 rings (SSSR count). The van der Waals surface area contributed by atoms with Crippen LogP contribution in [-0.2, 0) is 12.8 Å². The van der Waals surface area contributed by atoms with E-state index in [4.69, 9.17) is 0 Å². The highest BCUT2D eigenvalue weighted by Gasteiger charge is 2.22. The van der Waals surface area contributed by atoms with Crippen molar-refractivity contribution in [2.24, 2.45) is 0 Å². The molecule has 1 nitrogen and oxygen atoms in total. The van der Waals surface area contributed by atoms with Crippen molar-refractivity contribution in [3.05, 3.63) is 59.7 Å². The first-order chi connectivity index (χ1) is 9.25. The van der Waals surface area contributed by atoms with Crippen LogP contribution in [0.25, 0.3) is 11.1 Å². The molecule has 0 aliphatic heterocycles. The SMILES string of the molecule is CN(C)C1CCc2c(cccc2-c2ccccc2)C1.Cl. The first kappa shape index (κ1) is 15.1. The Hall–Kier alpha value is -1.31. The highest BCUT2D eigenvalue weighted by Crippen LogP contribution is 2.32. The van der Waals surface area contributed by atoms with Gasteiger partial charge < -0.3 is 4.90 Å². The van der Waals surface area contributed by atoms with Gasteiger partial charge in [-0.05, 0) is 55.6 Å². The zero-order chi connectivity index (χ0) is 13.2. The summed E-state index contributed by atoms with van der Waals surface area (Å²) >= 11 is 0. The third-order valence-electron chi connectivity index (χ3n) is 4.27. The Balaban J connectivity index is 0.00000147. The fraction of sp³-hybridized carbons (Fsp3) is 0.333. The fourth-order valence-corrected chi connectivity index (χ4v) is 3.12. The van der Waals surface area contributed by atoms with Gasteiger partial charge in [0.15, 0.2) is 0 Å². The van der Waals surface area contributed by atoms with E-state index >= 15 is 0 Å². The summed E-state index contributed by atoms with van der Waals surface area (Å²) in [6, 6.07) is 18.2. The Kier molecular flexibility index (Phi) is 4.85. The average molecular weight is 288 g/mol. The van der Waals surface area contributed by atoms with E-state index in [2.05, 4.69) is 67.5 Å². The summed E-state index contributed by atoms with van der Waals surface area (Å²) in [5, 5.41) is 0. The van der Waals surface area contributed by atoms with Crippen molar-refractivity contribution in [3.63, 3.8) is 0 Å². The Morgan fingerprint density at radius 2 is 1.70 bits per heavy atom. The molecule has 1 aliphatic rings. The molecule has 0 N–H and O–H groups in total. The number of fused-ring (bicyclic) bond motifs is 1. The molecular formula is C18H22ClN. The van der Waals surface area contributed by atoms with Crippen LogP contribution in [0.5, 0.6) is 0 Å². The molecule has 20 heavy (non-hydrogen) atoms. The molecule has 0 aromatic heterocycles. The van der Waals surface area contributed by atoms with E-state index in [1.165, 1.54) is 36.0 Å². The van der Waals surface area contributed by atoms with Crippen molar-refractivity contribution in [3.8, 4) is 11.1 Å². The lowest BCUT2D eigenvalue weighted by molar-refractivity contribution is 0.268. The Bertz CT molecular complexity index is 563. The Morgan fingerprint density at radius 1 is 0.950 bits per heavy atom. The molecule has 2 aromatic carbocycles. The van der Waals surface area contributed by atoms with E-state index in [0.717, 1.165) is 0 Å². The molecule has 0 fully saturated rings. The summed E-state index contributed by atoms with van der Waals surface area (Å²) in [6.07, 6.45) is 3.65. The number of rotatable bonds is 2. The van der Waals surface area contributed by atoms with Gasteiger partial charge in [-0.25, -0.2) is 0 Å². The van der Waals surface area contributed by atoms with Gasteiger partial charge in [-0.1, -0.05) is 48.5 Å². The van der Waals surface area contributed by atoms with E-state index in [-0.39, 0.29) is 12.4 Å². The normalized spacial score (nSPS) is 17.4. The standard InChI is InChI=1S/C18H21N.ClH/c1-19(2)16-11-12-18-15(13-16)9-6-10-17(18)14-7-4-3-5-8-14;/h3-10,16H,11-13H2,1-2H3;1H. The highest BCUT2D eigenvalue weighted by molar-refractivity contribution is 5.85. The second-order valence-electron chi connectivity index (χ2n) is 5.67. The number of likely N-dealkylation sites (N-methyl/N-ethyl adjacent to an activating group) is 1. The monoisotopic (exact) mass is 287 g/mol. The average Bonchev–Trinajstić information content (AvgIpc) is 2.47. The summed E-state index contributed by atoms with van der Waals surface area (Å²) in [5.41, 5.74) is 5.87. The third-order valence-corrected chi connectivity index (χ3v) is 4.27. The Labute approximate surface area is 128 Å². The second kappa shape index (κ2) is 6.43. The zero-order valence-electron chi connectivity index (χ0n) is 12.2. The first-order valence-electron chi connectivity index (χ1n) is 7.08. The summed E-state index contributed by atoms with van der Waals surface area (Å²) in [5.74, 6) is 0. The fourth-order valence-electron chi connectivity index (χ4n) is 3.12. The van der Waals surface area contributed by atoms with Crippen LogP contribution in [0.15, 0.2) is 48.5 Å². The van der Waals surface area contributed by atoms with E-state index < -0.39 is 0 Å². The van der Waals surface area contributed by atoms with Gasteiger partial charge in [0.1, 0.15) is 0 Å². The summed E-state index contributed by atoms with van der Waals surface area (Å²) in [6.45, 7) is 0. The molecule has 1 unspecified atom stereocenters. The molecular weight excluding hydrogens is 266 g/mol. The second-order valence-corrected chi connectivity index (χ2v) is 5.67. The maximum atomic E-state index is 2.36. The van der Waals surface area contributed by atoms with E-state index in [0.29, 0.717) is 6.04 Å². The largest absolute Gasteiger partial charge is 0.306 e. The zero-order valence-corrected chi connectivity index (χ0v) is 13.0. The van der Waals surface area contributed by atoms with Crippen LogP contribution in [-0.4, -0.2) is 25.0 Å². The molecule has 0 amide bonds.